The molecule has 0 saturated carbocycles. The first-order chi connectivity index (χ1) is 9.25. The number of hydrogen-bond acceptors (Lipinski definition) is 2. The molecule has 2 heterocycles. The fourth-order valence-corrected chi connectivity index (χ4v) is 3.22. The molecule has 0 spiro atoms. The van der Waals surface area contributed by atoms with Gasteiger partial charge in [0, 0.05) is 15.6 Å². The van der Waals surface area contributed by atoms with Gasteiger partial charge in [0.2, 0.25) is 0 Å². The van der Waals surface area contributed by atoms with Gasteiger partial charge in [-0.25, -0.2) is 0 Å². The monoisotopic (exact) mass is 315 g/mol. The van der Waals surface area contributed by atoms with Crippen molar-refractivity contribution in [1.82, 2.24) is 4.90 Å². The number of ether oxygens (including phenoxy) is 1. The van der Waals surface area contributed by atoms with Crippen LogP contribution in [0.25, 0.3) is 0 Å². The molecule has 4 heteroatoms. The van der Waals surface area contributed by atoms with Gasteiger partial charge in [-0.3, -0.25) is 9.69 Å². The van der Waals surface area contributed by atoms with Crippen molar-refractivity contribution in [2.75, 3.05) is 6.73 Å². The van der Waals surface area contributed by atoms with Crippen molar-refractivity contribution in [1.29, 1.82) is 0 Å². The summed E-state index contributed by atoms with van der Waals surface area (Å²) in [6, 6.07) is 13.7. The molecule has 4 rings (SSSR count). The van der Waals surface area contributed by atoms with Crippen LogP contribution in [0.4, 0.5) is 0 Å². The average molecular weight is 316 g/mol. The minimum Gasteiger partial charge on any atom is -0.473 e. The third kappa shape index (κ3) is 1.46. The summed E-state index contributed by atoms with van der Waals surface area (Å²) in [6.45, 7) is 0.312. The van der Waals surface area contributed by atoms with Gasteiger partial charge < -0.3 is 4.74 Å². The van der Waals surface area contributed by atoms with Crippen LogP contribution < -0.4 is 4.74 Å². The van der Waals surface area contributed by atoms with Crippen molar-refractivity contribution in [3.05, 3.63) is 63.6 Å². The van der Waals surface area contributed by atoms with E-state index < -0.39 is 0 Å². The molecule has 0 saturated heterocycles. The van der Waals surface area contributed by atoms with Crippen molar-refractivity contribution in [3.8, 4) is 5.75 Å². The van der Waals surface area contributed by atoms with Gasteiger partial charge in [0.1, 0.15) is 5.75 Å². The first-order valence-corrected chi connectivity index (χ1v) is 6.87. The van der Waals surface area contributed by atoms with Gasteiger partial charge in [0.25, 0.3) is 5.91 Å². The van der Waals surface area contributed by atoms with E-state index in [1.165, 1.54) is 0 Å². The molecule has 2 aliphatic heterocycles. The number of amides is 1. The normalized spacial score (nSPS) is 19.5. The van der Waals surface area contributed by atoms with Crippen LogP contribution in [0, 0.1) is 0 Å². The highest BCUT2D eigenvalue weighted by atomic mass is 79.9. The lowest BCUT2D eigenvalue weighted by molar-refractivity contribution is 0.0498. The largest absolute Gasteiger partial charge is 0.473 e. The molecule has 2 aliphatic rings. The van der Waals surface area contributed by atoms with Gasteiger partial charge in [-0.15, -0.1) is 0 Å². The van der Waals surface area contributed by atoms with Crippen LogP contribution in [-0.4, -0.2) is 17.5 Å². The van der Waals surface area contributed by atoms with Crippen LogP contribution in [0.1, 0.15) is 27.5 Å². The molecule has 0 fully saturated rings. The third-order valence-electron chi connectivity index (χ3n) is 3.68. The molecule has 94 valence electrons. The summed E-state index contributed by atoms with van der Waals surface area (Å²) in [5.74, 6) is 0.903. The van der Waals surface area contributed by atoms with Gasteiger partial charge in [-0.05, 0) is 29.8 Å². The Morgan fingerprint density at radius 2 is 2.00 bits per heavy atom. The summed E-state index contributed by atoms with van der Waals surface area (Å²) in [7, 11) is 0. The van der Waals surface area contributed by atoms with E-state index in [9.17, 15) is 4.79 Å². The molecule has 0 aromatic heterocycles. The van der Waals surface area contributed by atoms with Crippen LogP contribution in [0.5, 0.6) is 5.75 Å². The zero-order chi connectivity index (χ0) is 13.0. The molecule has 1 atom stereocenters. The number of carbonyl (C=O) groups excluding carboxylic acids is 1. The molecule has 2 aromatic rings. The Labute approximate surface area is 118 Å². The number of benzene rings is 2. The molecule has 3 nitrogen and oxygen atoms in total. The van der Waals surface area contributed by atoms with Crippen LogP contribution in [0.3, 0.4) is 0 Å². The quantitative estimate of drug-likeness (QED) is 0.746. The predicted molar refractivity (Wildman–Crippen MR) is 74.1 cm³/mol. The molecule has 0 radical (unpaired) electrons. The van der Waals surface area contributed by atoms with Crippen molar-refractivity contribution in [3.63, 3.8) is 0 Å². The Kier molecular flexibility index (Phi) is 2.23. The first-order valence-electron chi connectivity index (χ1n) is 6.08. The zero-order valence-corrected chi connectivity index (χ0v) is 11.6. The summed E-state index contributed by atoms with van der Waals surface area (Å²) in [6.07, 6.45) is 0. The van der Waals surface area contributed by atoms with E-state index in [-0.39, 0.29) is 11.9 Å². The molecule has 0 N–H and O–H groups in total. The van der Waals surface area contributed by atoms with Crippen molar-refractivity contribution < 1.29 is 9.53 Å². The Morgan fingerprint density at radius 3 is 2.89 bits per heavy atom. The van der Waals surface area contributed by atoms with Crippen LogP contribution >= 0.6 is 15.9 Å². The lowest BCUT2D eigenvalue weighted by Gasteiger charge is -2.32. The minimum atomic E-state index is -0.0232. The Morgan fingerprint density at radius 1 is 1.16 bits per heavy atom. The summed E-state index contributed by atoms with van der Waals surface area (Å²) in [4.78, 5) is 14.1. The minimum absolute atomic E-state index is 0.0232. The van der Waals surface area contributed by atoms with Crippen molar-refractivity contribution in [2.45, 2.75) is 6.04 Å². The van der Waals surface area contributed by atoms with E-state index in [4.69, 9.17) is 4.74 Å². The summed E-state index contributed by atoms with van der Waals surface area (Å²) in [5.41, 5.74) is 2.89. The second-order valence-electron chi connectivity index (χ2n) is 4.72. The van der Waals surface area contributed by atoms with E-state index in [0.29, 0.717) is 6.73 Å². The van der Waals surface area contributed by atoms with Crippen molar-refractivity contribution >= 4 is 21.8 Å². The molecule has 19 heavy (non-hydrogen) atoms. The van der Waals surface area contributed by atoms with E-state index in [1.54, 1.807) is 4.90 Å². The Bertz CT molecular complexity index is 698. The lowest BCUT2D eigenvalue weighted by atomic mass is 9.97. The molecule has 1 unspecified atom stereocenters. The number of halogens is 1. The standard InChI is InChI=1S/C15H10BrNO2/c16-9-5-6-13-12(7-9)14-10-3-1-2-4-11(10)15(18)17(14)8-19-13/h1-7,14H,8H2. The number of hydrogen-bond donors (Lipinski definition) is 0. The summed E-state index contributed by atoms with van der Waals surface area (Å²) in [5, 5.41) is 0. The predicted octanol–water partition coefficient (Wildman–Crippen LogP) is 3.34. The maximum Gasteiger partial charge on any atom is 0.257 e. The van der Waals surface area contributed by atoms with E-state index in [2.05, 4.69) is 15.9 Å². The Hall–Kier alpha value is -1.81. The number of fused-ring (bicyclic) bond motifs is 5. The van der Waals surface area contributed by atoms with Gasteiger partial charge in [0.15, 0.2) is 6.73 Å². The molecule has 1 amide bonds. The second-order valence-corrected chi connectivity index (χ2v) is 5.64. The van der Waals surface area contributed by atoms with E-state index in [0.717, 1.165) is 26.9 Å². The molecular formula is C15H10BrNO2. The smallest absolute Gasteiger partial charge is 0.257 e. The average Bonchev–Trinajstić information content (AvgIpc) is 2.73. The van der Waals surface area contributed by atoms with Crippen molar-refractivity contribution in [2.24, 2.45) is 0 Å². The van der Waals surface area contributed by atoms with Crippen LogP contribution in [0.2, 0.25) is 0 Å². The SMILES string of the molecule is O=C1c2ccccc2C2c3cc(Br)ccc3OCN12. The van der Waals surface area contributed by atoms with Gasteiger partial charge in [-0.2, -0.15) is 0 Å². The Balaban J connectivity index is 1.97. The van der Waals surface area contributed by atoms with Crippen LogP contribution in [0.15, 0.2) is 46.9 Å². The van der Waals surface area contributed by atoms with Gasteiger partial charge >= 0.3 is 0 Å². The number of rotatable bonds is 0. The van der Waals surface area contributed by atoms with E-state index in [1.807, 2.05) is 42.5 Å². The van der Waals surface area contributed by atoms with Gasteiger partial charge in [-0.1, -0.05) is 34.1 Å². The van der Waals surface area contributed by atoms with E-state index >= 15 is 0 Å². The summed E-state index contributed by atoms with van der Waals surface area (Å²) < 4.78 is 6.67. The third-order valence-corrected chi connectivity index (χ3v) is 4.18. The highest BCUT2D eigenvalue weighted by Gasteiger charge is 2.41. The molecule has 0 aliphatic carbocycles. The fraction of sp³-hybridized carbons (Fsp3) is 0.133. The molecule has 0 bridgehead atoms. The zero-order valence-electron chi connectivity index (χ0n) is 9.97. The number of carbonyl (C=O) groups is 1. The number of nitrogens with zero attached hydrogens (tertiary/aromatic N) is 1. The molecule has 2 aromatic carbocycles. The molecular weight excluding hydrogens is 306 g/mol. The van der Waals surface area contributed by atoms with Crippen LogP contribution in [-0.2, 0) is 0 Å². The summed E-state index contributed by atoms with van der Waals surface area (Å²) >= 11 is 3.48. The fourth-order valence-electron chi connectivity index (χ4n) is 2.84. The lowest BCUT2D eigenvalue weighted by Crippen LogP contribution is -2.36. The topological polar surface area (TPSA) is 29.5 Å². The first kappa shape index (κ1) is 11.1. The highest BCUT2D eigenvalue weighted by molar-refractivity contribution is 9.10. The highest BCUT2D eigenvalue weighted by Crippen LogP contribution is 2.45. The second kappa shape index (κ2) is 3.84. The maximum absolute atomic E-state index is 12.4. The van der Waals surface area contributed by atoms with Gasteiger partial charge in [0.05, 0.1) is 6.04 Å². The maximum atomic E-state index is 12.4.